The lowest BCUT2D eigenvalue weighted by Crippen LogP contribution is -2.24. The molecule has 0 amide bonds. The van der Waals surface area contributed by atoms with E-state index in [0.717, 1.165) is 12.1 Å². The number of rotatable bonds is 5. The summed E-state index contributed by atoms with van der Waals surface area (Å²) in [5.74, 6) is -1.59. The summed E-state index contributed by atoms with van der Waals surface area (Å²) in [6, 6.07) is 10.6. The van der Waals surface area contributed by atoms with Gasteiger partial charge in [0.2, 0.25) is 0 Å². The summed E-state index contributed by atoms with van der Waals surface area (Å²) in [4.78, 5) is 0. The molecule has 0 radical (unpaired) electrons. The van der Waals surface area contributed by atoms with Crippen LogP contribution in [0.2, 0.25) is 0 Å². The molecule has 1 atom stereocenters. The monoisotopic (exact) mass is 289 g/mol. The van der Waals surface area contributed by atoms with Crippen molar-refractivity contribution in [2.24, 2.45) is 0 Å². The molecule has 0 heterocycles. The SMILES string of the molecule is CCNC(Cc1ccc(F)c(F)c1)c1cc(C)ccc1C. The van der Waals surface area contributed by atoms with E-state index in [2.05, 4.69) is 37.4 Å². The van der Waals surface area contributed by atoms with E-state index in [1.165, 1.54) is 28.8 Å². The molecular formula is C18H21F2N. The zero-order chi connectivity index (χ0) is 15.4. The van der Waals surface area contributed by atoms with Crippen LogP contribution < -0.4 is 5.32 Å². The van der Waals surface area contributed by atoms with Gasteiger partial charge in [-0.2, -0.15) is 0 Å². The molecule has 2 aromatic rings. The highest BCUT2D eigenvalue weighted by atomic mass is 19.2. The Labute approximate surface area is 125 Å². The molecule has 0 saturated carbocycles. The van der Waals surface area contributed by atoms with E-state index in [-0.39, 0.29) is 6.04 Å². The van der Waals surface area contributed by atoms with Crippen LogP contribution in [-0.2, 0) is 6.42 Å². The third-order valence-corrected chi connectivity index (χ3v) is 3.68. The molecule has 1 nitrogen and oxygen atoms in total. The maximum atomic E-state index is 13.4. The minimum atomic E-state index is -0.800. The van der Waals surface area contributed by atoms with Gasteiger partial charge >= 0.3 is 0 Å². The van der Waals surface area contributed by atoms with Crippen LogP contribution in [-0.4, -0.2) is 6.54 Å². The first kappa shape index (κ1) is 15.6. The second kappa shape index (κ2) is 6.81. The normalized spacial score (nSPS) is 12.4. The fourth-order valence-electron chi connectivity index (χ4n) is 2.58. The molecule has 0 bridgehead atoms. The van der Waals surface area contributed by atoms with Gasteiger partial charge in [0, 0.05) is 6.04 Å². The zero-order valence-corrected chi connectivity index (χ0v) is 12.7. The van der Waals surface area contributed by atoms with Crippen LogP contribution in [0.1, 0.15) is 35.2 Å². The van der Waals surface area contributed by atoms with Crippen molar-refractivity contribution in [1.82, 2.24) is 5.32 Å². The van der Waals surface area contributed by atoms with Crippen LogP contribution in [0.25, 0.3) is 0 Å². The number of likely N-dealkylation sites (N-methyl/N-ethyl adjacent to an activating group) is 1. The molecule has 1 unspecified atom stereocenters. The molecule has 21 heavy (non-hydrogen) atoms. The molecule has 3 heteroatoms. The van der Waals surface area contributed by atoms with Gasteiger partial charge in [0.05, 0.1) is 0 Å². The fraction of sp³-hybridized carbons (Fsp3) is 0.333. The number of nitrogens with one attached hydrogen (secondary N) is 1. The van der Waals surface area contributed by atoms with E-state index in [1.807, 2.05) is 6.92 Å². The molecule has 0 fully saturated rings. The summed E-state index contributed by atoms with van der Waals surface area (Å²) in [7, 11) is 0. The van der Waals surface area contributed by atoms with E-state index in [1.54, 1.807) is 6.07 Å². The Morgan fingerprint density at radius 3 is 2.43 bits per heavy atom. The average molecular weight is 289 g/mol. The van der Waals surface area contributed by atoms with Gasteiger partial charge in [-0.3, -0.25) is 0 Å². The van der Waals surface area contributed by atoms with Gasteiger partial charge in [0.25, 0.3) is 0 Å². The quantitative estimate of drug-likeness (QED) is 0.856. The van der Waals surface area contributed by atoms with Crippen LogP contribution in [0.5, 0.6) is 0 Å². The Hall–Kier alpha value is -1.74. The predicted molar refractivity (Wildman–Crippen MR) is 82.4 cm³/mol. The second-order valence-electron chi connectivity index (χ2n) is 5.42. The molecule has 1 N–H and O–H groups in total. The minimum absolute atomic E-state index is 0.0970. The number of hydrogen-bond acceptors (Lipinski definition) is 1. The molecule has 0 aromatic heterocycles. The first-order valence-corrected chi connectivity index (χ1v) is 7.25. The smallest absolute Gasteiger partial charge is 0.159 e. The van der Waals surface area contributed by atoms with Crippen molar-refractivity contribution in [2.45, 2.75) is 33.2 Å². The van der Waals surface area contributed by atoms with Crippen LogP contribution in [0.3, 0.4) is 0 Å². The van der Waals surface area contributed by atoms with E-state index in [9.17, 15) is 8.78 Å². The summed E-state index contributed by atoms with van der Waals surface area (Å²) in [5, 5.41) is 3.43. The first-order valence-electron chi connectivity index (χ1n) is 7.25. The van der Waals surface area contributed by atoms with Crippen LogP contribution in [0.15, 0.2) is 36.4 Å². The first-order chi connectivity index (χ1) is 10.0. The average Bonchev–Trinajstić information content (AvgIpc) is 2.45. The highest BCUT2D eigenvalue weighted by Gasteiger charge is 2.15. The van der Waals surface area contributed by atoms with E-state index in [4.69, 9.17) is 0 Å². The van der Waals surface area contributed by atoms with Crippen molar-refractivity contribution in [2.75, 3.05) is 6.54 Å². The van der Waals surface area contributed by atoms with Crippen molar-refractivity contribution in [3.8, 4) is 0 Å². The van der Waals surface area contributed by atoms with Crippen molar-refractivity contribution in [1.29, 1.82) is 0 Å². The van der Waals surface area contributed by atoms with Gasteiger partial charge < -0.3 is 5.32 Å². The predicted octanol–water partition coefficient (Wildman–Crippen LogP) is 4.47. The molecular weight excluding hydrogens is 268 g/mol. The van der Waals surface area contributed by atoms with Crippen molar-refractivity contribution in [3.05, 3.63) is 70.3 Å². The molecule has 0 aliphatic carbocycles. The highest BCUT2D eigenvalue weighted by molar-refractivity contribution is 5.34. The number of aryl methyl sites for hydroxylation is 2. The molecule has 0 aliphatic heterocycles. The van der Waals surface area contributed by atoms with Gasteiger partial charge in [-0.1, -0.05) is 36.8 Å². The summed E-state index contributed by atoms with van der Waals surface area (Å²) < 4.78 is 26.4. The molecule has 2 rings (SSSR count). The maximum absolute atomic E-state index is 13.4. The summed E-state index contributed by atoms with van der Waals surface area (Å²) in [6.07, 6.45) is 0.634. The molecule has 0 aliphatic rings. The van der Waals surface area contributed by atoms with Gasteiger partial charge in [-0.05, 0) is 55.6 Å². The third kappa shape index (κ3) is 3.88. The fourth-order valence-corrected chi connectivity index (χ4v) is 2.58. The number of halogens is 2. The van der Waals surface area contributed by atoms with E-state index < -0.39 is 11.6 Å². The molecule has 0 spiro atoms. The second-order valence-corrected chi connectivity index (χ2v) is 5.42. The number of benzene rings is 2. The molecule has 2 aromatic carbocycles. The van der Waals surface area contributed by atoms with E-state index >= 15 is 0 Å². The molecule has 112 valence electrons. The Morgan fingerprint density at radius 2 is 1.76 bits per heavy atom. The van der Waals surface area contributed by atoms with Crippen molar-refractivity contribution < 1.29 is 8.78 Å². The zero-order valence-electron chi connectivity index (χ0n) is 12.7. The Balaban J connectivity index is 2.30. The summed E-state index contributed by atoms with van der Waals surface area (Å²) >= 11 is 0. The summed E-state index contributed by atoms with van der Waals surface area (Å²) in [5.41, 5.74) is 4.40. The number of hydrogen-bond donors (Lipinski definition) is 1. The Morgan fingerprint density at radius 1 is 1.00 bits per heavy atom. The lowest BCUT2D eigenvalue weighted by atomic mass is 9.94. The van der Waals surface area contributed by atoms with Crippen LogP contribution in [0.4, 0.5) is 8.78 Å². The van der Waals surface area contributed by atoms with Crippen LogP contribution in [0, 0.1) is 25.5 Å². The third-order valence-electron chi connectivity index (χ3n) is 3.68. The van der Waals surface area contributed by atoms with Crippen LogP contribution >= 0.6 is 0 Å². The van der Waals surface area contributed by atoms with Gasteiger partial charge in [-0.15, -0.1) is 0 Å². The topological polar surface area (TPSA) is 12.0 Å². The van der Waals surface area contributed by atoms with E-state index in [0.29, 0.717) is 6.42 Å². The Kier molecular flexibility index (Phi) is 5.07. The minimum Gasteiger partial charge on any atom is -0.310 e. The van der Waals surface area contributed by atoms with Crippen molar-refractivity contribution in [3.63, 3.8) is 0 Å². The van der Waals surface area contributed by atoms with Gasteiger partial charge in [0.1, 0.15) is 0 Å². The lowest BCUT2D eigenvalue weighted by molar-refractivity contribution is 0.502. The lowest BCUT2D eigenvalue weighted by Gasteiger charge is -2.21. The van der Waals surface area contributed by atoms with Crippen molar-refractivity contribution >= 4 is 0 Å². The largest absolute Gasteiger partial charge is 0.310 e. The van der Waals surface area contributed by atoms with Gasteiger partial charge in [0.15, 0.2) is 11.6 Å². The molecule has 0 saturated heterocycles. The maximum Gasteiger partial charge on any atom is 0.159 e. The Bertz CT molecular complexity index is 623. The highest BCUT2D eigenvalue weighted by Crippen LogP contribution is 2.23. The summed E-state index contributed by atoms with van der Waals surface area (Å²) in [6.45, 7) is 7.00. The standard InChI is InChI=1S/C18H21F2N/c1-4-21-18(15-9-12(2)5-6-13(15)3)11-14-7-8-16(19)17(20)10-14/h5-10,18,21H,4,11H2,1-3H3. The van der Waals surface area contributed by atoms with Gasteiger partial charge in [-0.25, -0.2) is 8.78 Å².